The van der Waals surface area contributed by atoms with Gasteiger partial charge in [0.15, 0.2) is 0 Å². The van der Waals surface area contributed by atoms with Crippen LogP contribution in [0.2, 0.25) is 0 Å². The van der Waals surface area contributed by atoms with E-state index in [9.17, 15) is 4.79 Å². The molecular weight excluding hydrogens is 172 g/mol. The second-order valence-corrected chi connectivity index (χ2v) is 3.76. The molecule has 0 aliphatic carbocycles. The SMILES string of the molecule is CC[C@@H](Cc1cccs1)C(=O)O. The molecule has 0 aromatic carbocycles. The van der Waals surface area contributed by atoms with Crippen molar-refractivity contribution in [2.45, 2.75) is 19.8 Å². The van der Waals surface area contributed by atoms with Crippen LogP contribution in [-0.2, 0) is 11.2 Å². The Morgan fingerprint density at radius 3 is 2.92 bits per heavy atom. The molecule has 1 aromatic rings. The average Bonchev–Trinajstić information content (AvgIpc) is 2.51. The Labute approximate surface area is 75.9 Å². The van der Waals surface area contributed by atoms with Gasteiger partial charge in [-0.1, -0.05) is 13.0 Å². The van der Waals surface area contributed by atoms with Crippen LogP contribution in [0.5, 0.6) is 0 Å². The number of rotatable bonds is 4. The van der Waals surface area contributed by atoms with E-state index in [1.165, 1.54) is 0 Å². The number of hydrogen-bond donors (Lipinski definition) is 1. The first kappa shape index (κ1) is 9.26. The van der Waals surface area contributed by atoms with Gasteiger partial charge in [0.25, 0.3) is 0 Å². The Kier molecular flexibility index (Phi) is 3.29. The van der Waals surface area contributed by atoms with Crippen LogP contribution in [-0.4, -0.2) is 11.1 Å². The van der Waals surface area contributed by atoms with Gasteiger partial charge in [0.2, 0.25) is 0 Å². The summed E-state index contributed by atoms with van der Waals surface area (Å²) in [5.41, 5.74) is 0. The van der Waals surface area contributed by atoms with E-state index in [1.54, 1.807) is 11.3 Å². The van der Waals surface area contributed by atoms with Gasteiger partial charge in [-0.2, -0.15) is 0 Å². The number of thiophene rings is 1. The molecule has 0 aliphatic rings. The van der Waals surface area contributed by atoms with E-state index in [4.69, 9.17) is 5.11 Å². The number of carboxylic acids is 1. The summed E-state index contributed by atoms with van der Waals surface area (Å²) < 4.78 is 0. The van der Waals surface area contributed by atoms with Crippen molar-refractivity contribution in [3.63, 3.8) is 0 Å². The molecule has 2 nitrogen and oxygen atoms in total. The van der Waals surface area contributed by atoms with E-state index >= 15 is 0 Å². The molecule has 0 amide bonds. The van der Waals surface area contributed by atoms with Crippen molar-refractivity contribution in [2.24, 2.45) is 5.92 Å². The van der Waals surface area contributed by atoms with Crippen LogP contribution in [0.1, 0.15) is 18.2 Å². The molecule has 1 rings (SSSR count). The van der Waals surface area contributed by atoms with E-state index in [2.05, 4.69) is 0 Å². The molecule has 0 unspecified atom stereocenters. The van der Waals surface area contributed by atoms with Crippen molar-refractivity contribution in [1.82, 2.24) is 0 Å². The first-order chi connectivity index (χ1) is 5.74. The van der Waals surface area contributed by atoms with Gasteiger partial charge in [-0.3, -0.25) is 4.79 Å². The third-order valence-electron chi connectivity index (χ3n) is 1.87. The molecule has 3 heteroatoms. The summed E-state index contributed by atoms with van der Waals surface area (Å²) in [6, 6.07) is 3.94. The molecule has 0 radical (unpaired) electrons. The van der Waals surface area contributed by atoms with Gasteiger partial charge in [-0.05, 0) is 24.3 Å². The normalized spacial score (nSPS) is 12.8. The van der Waals surface area contributed by atoms with Gasteiger partial charge in [-0.25, -0.2) is 0 Å². The van der Waals surface area contributed by atoms with Gasteiger partial charge < -0.3 is 5.11 Å². The number of carbonyl (C=O) groups is 1. The van der Waals surface area contributed by atoms with Crippen LogP contribution in [0, 0.1) is 5.92 Å². The van der Waals surface area contributed by atoms with Crippen molar-refractivity contribution in [1.29, 1.82) is 0 Å². The highest BCUT2D eigenvalue weighted by Crippen LogP contribution is 2.16. The molecule has 0 saturated carbocycles. The van der Waals surface area contributed by atoms with Gasteiger partial charge in [-0.15, -0.1) is 11.3 Å². The maximum Gasteiger partial charge on any atom is 0.306 e. The molecule has 0 aliphatic heterocycles. The standard InChI is InChI=1S/C9H12O2S/c1-2-7(9(10)11)6-8-4-3-5-12-8/h3-5,7H,2,6H2,1H3,(H,10,11)/t7-/m0/s1. The van der Waals surface area contributed by atoms with Crippen molar-refractivity contribution >= 4 is 17.3 Å². The fourth-order valence-electron chi connectivity index (χ4n) is 1.08. The van der Waals surface area contributed by atoms with Crippen LogP contribution in [0.4, 0.5) is 0 Å². The lowest BCUT2D eigenvalue weighted by Gasteiger charge is -2.06. The smallest absolute Gasteiger partial charge is 0.306 e. The van der Waals surface area contributed by atoms with Crippen molar-refractivity contribution in [3.05, 3.63) is 22.4 Å². The maximum atomic E-state index is 10.7. The Bertz CT molecular complexity index is 241. The van der Waals surface area contributed by atoms with Crippen LogP contribution in [0.25, 0.3) is 0 Å². The van der Waals surface area contributed by atoms with Crippen molar-refractivity contribution in [2.75, 3.05) is 0 Å². The van der Waals surface area contributed by atoms with Crippen LogP contribution in [0.3, 0.4) is 0 Å². The van der Waals surface area contributed by atoms with Gasteiger partial charge >= 0.3 is 5.97 Å². The molecule has 1 heterocycles. The largest absolute Gasteiger partial charge is 0.481 e. The molecule has 12 heavy (non-hydrogen) atoms. The van der Waals surface area contributed by atoms with E-state index in [1.807, 2.05) is 24.4 Å². The summed E-state index contributed by atoms with van der Waals surface area (Å²) in [6.07, 6.45) is 1.37. The van der Waals surface area contributed by atoms with Gasteiger partial charge in [0, 0.05) is 4.88 Å². The summed E-state index contributed by atoms with van der Waals surface area (Å²) in [5.74, 6) is -0.908. The highest BCUT2D eigenvalue weighted by Gasteiger charge is 2.15. The van der Waals surface area contributed by atoms with Gasteiger partial charge in [0.1, 0.15) is 0 Å². The van der Waals surface area contributed by atoms with Crippen LogP contribution >= 0.6 is 11.3 Å². The predicted octanol–water partition coefficient (Wildman–Crippen LogP) is 2.40. The Balaban J connectivity index is 2.54. The zero-order valence-electron chi connectivity index (χ0n) is 6.99. The van der Waals surface area contributed by atoms with E-state index < -0.39 is 5.97 Å². The quantitative estimate of drug-likeness (QED) is 0.780. The lowest BCUT2D eigenvalue weighted by atomic mass is 10.0. The third kappa shape index (κ3) is 2.34. The number of hydrogen-bond acceptors (Lipinski definition) is 2. The lowest BCUT2D eigenvalue weighted by Crippen LogP contribution is -2.14. The fourth-order valence-corrected chi connectivity index (χ4v) is 1.86. The van der Waals surface area contributed by atoms with Crippen molar-refractivity contribution < 1.29 is 9.90 Å². The zero-order valence-corrected chi connectivity index (χ0v) is 7.80. The number of carboxylic acid groups (broad SMARTS) is 1. The van der Waals surface area contributed by atoms with E-state index in [0.29, 0.717) is 12.8 Å². The van der Waals surface area contributed by atoms with E-state index in [0.717, 1.165) is 4.88 Å². The first-order valence-electron chi connectivity index (χ1n) is 3.99. The minimum absolute atomic E-state index is 0.219. The molecule has 1 atom stereocenters. The molecule has 0 spiro atoms. The molecule has 1 N–H and O–H groups in total. The monoisotopic (exact) mass is 184 g/mol. The predicted molar refractivity (Wildman–Crippen MR) is 49.4 cm³/mol. The van der Waals surface area contributed by atoms with Crippen LogP contribution in [0.15, 0.2) is 17.5 Å². The molecule has 66 valence electrons. The van der Waals surface area contributed by atoms with Crippen molar-refractivity contribution in [3.8, 4) is 0 Å². The second kappa shape index (κ2) is 4.26. The summed E-state index contributed by atoms with van der Waals surface area (Å²) in [5, 5.41) is 10.8. The summed E-state index contributed by atoms with van der Waals surface area (Å²) >= 11 is 1.62. The topological polar surface area (TPSA) is 37.3 Å². The molecule has 1 aromatic heterocycles. The number of aliphatic carboxylic acids is 1. The molecular formula is C9H12O2S. The second-order valence-electron chi connectivity index (χ2n) is 2.73. The minimum Gasteiger partial charge on any atom is -0.481 e. The average molecular weight is 184 g/mol. The summed E-state index contributed by atoms with van der Waals surface area (Å²) in [4.78, 5) is 11.8. The Morgan fingerprint density at radius 2 is 2.50 bits per heavy atom. The summed E-state index contributed by atoms with van der Waals surface area (Å²) in [7, 11) is 0. The van der Waals surface area contributed by atoms with Gasteiger partial charge in [0.05, 0.1) is 5.92 Å². The zero-order chi connectivity index (χ0) is 8.97. The highest BCUT2D eigenvalue weighted by atomic mass is 32.1. The van der Waals surface area contributed by atoms with Crippen LogP contribution < -0.4 is 0 Å². The highest BCUT2D eigenvalue weighted by molar-refractivity contribution is 7.09. The van der Waals surface area contributed by atoms with E-state index in [-0.39, 0.29) is 5.92 Å². The molecule has 0 bridgehead atoms. The minimum atomic E-state index is -0.689. The Hall–Kier alpha value is -0.830. The Morgan fingerprint density at radius 1 is 1.75 bits per heavy atom. The molecule has 0 saturated heterocycles. The maximum absolute atomic E-state index is 10.7. The molecule has 0 fully saturated rings. The fraction of sp³-hybridized carbons (Fsp3) is 0.444. The summed E-state index contributed by atoms with van der Waals surface area (Å²) in [6.45, 7) is 1.91. The lowest BCUT2D eigenvalue weighted by molar-refractivity contribution is -0.141. The third-order valence-corrected chi connectivity index (χ3v) is 2.77. The first-order valence-corrected chi connectivity index (χ1v) is 4.87.